The maximum Gasteiger partial charge on any atom is 0.132 e. The number of hydrogen-bond acceptors (Lipinski definition) is 4. The molecule has 5 nitrogen and oxygen atoms in total. The van der Waals surface area contributed by atoms with E-state index in [0.717, 1.165) is 28.4 Å². The number of aliphatic hydroxyl groups is 1. The molecular formula is C15H21N3O2. The fourth-order valence-corrected chi connectivity index (χ4v) is 2.52. The van der Waals surface area contributed by atoms with Gasteiger partial charge in [0.2, 0.25) is 0 Å². The number of nitrogens with zero attached hydrogens (tertiary/aromatic N) is 3. The van der Waals surface area contributed by atoms with Crippen molar-refractivity contribution in [1.82, 2.24) is 9.78 Å². The molecule has 0 amide bonds. The lowest BCUT2D eigenvalue weighted by Crippen LogP contribution is -2.21. The quantitative estimate of drug-likeness (QED) is 0.905. The summed E-state index contributed by atoms with van der Waals surface area (Å²) in [4.78, 5) is 2.07. The van der Waals surface area contributed by atoms with Crippen LogP contribution in [-0.2, 0) is 20.2 Å². The van der Waals surface area contributed by atoms with Crippen molar-refractivity contribution >= 4 is 5.82 Å². The van der Waals surface area contributed by atoms with Gasteiger partial charge in [-0.15, -0.1) is 0 Å². The Labute approximate surface area is 119 Å². The minimum atomic E-state index is -0.00866. The lowest BCUT2D eigenvalue weighted by atomic mass is 10.1. The van der Waals surface area contributed by atoms with Gasteiger partial charge < -0.3 is 14.7 Å². The van der Waals surface area contributed by atoms with Crippen LogP contribution in [0.15, 0.2) is 24.3 Å². The number of aromatic nitrogens is 2. The third kappa shape index (κ3) is 2.63. The zero-order valence-corrected chi connectivity index (χ0v) is 12.4. The summed E-state index contributed by atoms with van der Waals surface area (Å²) in [7, 11) is 5.55. The highest BCUT2D eigenvalue weighted by Crippen LogP contribution is 2.26. The summed E-state index contributed by atoms with van der Waals surface area (Å²) in [6.45, 7) is 2.59. The Kier molecular flexibility index (Phi) is 4.29. The zero-order chi connectivity index (χ0) is 14.7. The Balaban J connectivity index is 2.31. The van der Waals surface area contributed by atoms with Crippen LogP contribution in [0.2, 0.25) is 0 Å². The molecule has 0 saturated carbocycles. The van der Waals surface area contributed by atoms with Crippen LogP contribution in [0, 0.1) is 6.92 Å². The number of rotatable bonds is 5. The van der Waals surface area contributed by atoms with Crippen molar-refractivity contribution in [3.63, 3.8) is 0 Å². The molecule has 2 aromatic rings. The molecule has 0 saturated heterocycles. The number of benzene rings is 1. The molecule has 0 unspecified atom stereocenters. The van der Waals surface area contributed by atoms with Crippen molar-refractivity contribution in [3.05, 3.63) is 41.1 Å². The summed E-state index contributed by atoms with van der Waals surface area (Å²) in [6.07, 6.45) is 0. The van der Waals surface area contributed by atoms with Crippen molar-refractivity contribution < 1.29 is 9.84 Å². The smallest absolute Gasteiger partial charge is 0.132 e. The molecule has 108 valence electrons. The Morgan fingerprint density at radius 1 is 1.35 bits per heavy atom. The molecule has 1 heterocycles. The van der Waals surface area contributed by atoms with E-state index in [4.69, 9.17) is 4.74 Å². The van der Waals surface area contributed by atoms with Gasteiger partial charge >= 0.3 is 0 Å². The van der Waals surface area contributed by atoms with E-state index in [2.05, 4.69) is 10.00 Å². The summed E-state index contributed by atoms with van der Waals surface area (Å²) in [5, 5.41) is 13.9. The first-order chi connectivity index (χ1) is 9.58. The second-order valence-corrected chi connectivity index (χ2v) is 4.84. The van der Waals surface area contributed by atoms with Crippen LogP contribution in [0.5, 0.6) is 5.75 Å². The molecule has 1 aromatic carbocycles. The van der Waals surface area contributed by atoms with Gasteiger partial charge in [-0.05, 0) is 13.0 Å². The first kappa shape index (κ1) is 14.4. The Morgan fingerprint density at radius 3 is 2.70 bits per heavy atom. The van der Waals surface area contributed by atoms with Gasteiger partial charge in [-0.3, -0.25) is 4.68 Å². The molecule has 20 heavy (non-hydrogen) atoms. The van der Waals surface area contributed by atoms with Crippen molar-refractivity contribution in [2.45, 2.75) is 20.1 Å². The van der Waals surface area contributed by atoms with Crippen LogP contribution in [0.1, 0.15) is 16.8 Å². The molecule has 5 heteroatoms. The van der Waals surface area contributed by atoms with Gasteiger partial charge in [-0.2, -0.15) is 5.10 Å². The van der Waals surface area contributed by atoms with Gasteiger partial charge in [0.15, 0.2) is 0 Å². The molecule has 0 bridgehead atoms. The van der Waals surface area contributed by atoms with Crippen molar-refractivity contribution in [2.75, 3.05) is 19.1 Å². The summed E-state index contributed by atoms with van der Waals surface area (Å²) < 4.78 is 7.18. The number of aryl methyl sites for hydroxylation is 2. The Bertz CT molecular complexity index is 593. The van der Waals surface area contributed by atoms with E-state index < -0.39 is 0 Å². The minimum absolute atomic E-state index is 0.00866. The highest BCUT2D eigenvalue weighted by Gasteiger charge is 2.17. The average Bonchev–Trinajstić information content (AvgIpc) is 2.73. The number of ether oxygens (including phenoxy) is 1. The van der Waals surface area contributed by atoms with Gasteiger partial charge in [-0.25, -0.2) is 0 Å². The Hall–Kier alpha value is -2.01. The minimum Gasteiger partial charge on any atom is -0.496 e. The summed E-state index contributed by atoms with van der Waals surface area (Å²) >= 11 is 0. The van der Waals surface area contributed by atoms with Crippen LogP contribution in [0.3, 0.4) is 0 Å². The van der Waals surface area contributed by atoms with E-state index in [1.54, 1.807) is 11.8 Å². The topological polar surface area (TPSA) is 50.5 Å². The van der Waals surface area contributed by atoms with Crippen LogP contribution < -0.4 is 9.64 Å². The van der Waals surface area contributed by atoms with E-state index >= 15 is 0 Å². The molecule has 0 radical (unpaired) electrons. The van der Waals surface area contributed by atoms with Gasteiger partial charge in [0.25, 0.3) is 0 Å². The SMILES string of the molecule is COc1ccccc1CN(C)c1c(CO)c(C)nn1C. The van der Waals surface area contributed by atoms with Crippen molar-refractivity contribution in [1.29, 1.82) is 0 Å². The molecule has 0 spiro atoms. The van der Waals surface area contributed by atoms with Crippen LogP contribution in [-0.4, -0.2) is 29.0 Å². The number of anilines is 1. The molecule has 0 aliphatic heterocycles. The molecular weight excluding hydrogens is 254 g/mol. The largest absolute Gasteiger partial charge is 0.496 e. The second kappa shape index (κ2) is 5.96. The molecule has 2 rings (SSSR count). The number of aliphatic hydroxyl groups excluding tert-OH is 1. The molecule has 0 fully saturated rings. The number of methoxy groups -OCH3 is 1. The van der Waals surface area contributed by atoms with E-state index in [-0.39, 0.29) is 6.61 Å². The van der Waals surface area contributed by atoms with Gasteiger partial charge in [0.05, 0.1) is 19.4 Å². The third-order valence-electron chi connectivity index (χ3n) is 3.43. The lowest BCUT2D eigenvalue weighted by molar-refractivity contribution is 0.281. The predicted molar refractivity (Wildman–Crippen MR) is 79.0 cm³/mol. The highest BCUT2D eigenvalue weighted by atomic mass is 16.5. The second-order valence-electron chi connectivity index (χ2n) is 4.84. The highest BCUT2D eigenvalue weighted by molar-refractivity contribution is 5.50. The standard InChI is InChI=1S/C15H21N3O2/c1-11-13(10-19)15(18(3)16-11)17(2)9-12-7-5-6-8-14(12)20-4/h5-8,19H,9-10H2,1-4H3. The number of hydrogen-bond donors (Lipinski definition) is 1. The maximum atomic E-state index is 9.52. The molecule has 0 atom stereocenters. The van der Waals surface area contributed by atoms with Crippen LogP contribution in [0.25, 0.3) is 0 Å². The predicted octanol–water partition coefficient (Wildman–Crippen LogP) is 1.87. The third-order valence-corrected chi connectivity index (χ3v) is 3.43. The van der Waals surface area contributed by atoms with Crippen molar-refractivity contribution in [2.24, 2.45) is 7.05 Å². The number of para-hydroxylation sites is 1. The molecule has 0 aliphatic rings. The van der Waals surface area contributed by atoms with Gasteiger partial charge in [0, 0.05) is 31.8 Å². The average molecular weight is 275 g/mol. The fraction of sp³-hybridized carbons (Fsp3) is 0.400. The van der Waals surface area contributed by atoms with E-state index in [1.165, 1.54) is 0 Å². The summed E-state index contributed by atoms with van der Waals surface area (Å²) in [6, 6.07) is 7.94. The maximum absolute atomic E-state index is 9.52. The van der Waals surface area contributed by atoms with E-state index in [1.807, 2.05) is 45.3 Å². The van der Waals surface area contributed by atoms with Crippen molar-refractivity contribution in [3.8, 4) is 5.75 Å². The van der Waals surface area contributed by atoms with Crippen LogP contribution >= 0.6 is 0 Å². The lowest BCUT2D eigenvalue weighted by Gasteiger charge is -2.22. The molecule has 1 N–H and O–H groups in total. The molecule has 0 aliphatic carbocycles. The zero-order valence-electron chi connectivity index (χ0n) is 12.4. The normalized spacial score (nSPS) is 10.7. The van der Waals surface area contributed by atoms with Gasteiger partial charge in [0.1, 0.15) is 11.6 Å². The first-order valence-corrected chi connectivity index (χ1v) is 6.54. The first-order valence-electron chi connectivity index (χ1n) is 6.54. The van der Waals surface area contributed by atoms with Gasteiger partial charge in [-0.1, -0.05) is 18.2 Å². The van der Waals surface area contributed by atoms with E-state index in [9.17, 15) is 5.11 Å². The van der Waals surface area contributed by atoms with Crippen LogP contribution in [0.4, 0.5) is 5.82 Å². The Morgan fingerprint density at radius 2 is 2.05 bits per heavy atom. The van der Waals surface area contributed by atoms with E-state index in [0.29, 0.717) is 6.54 Å². The summed E-state index contributed by atoms with van der Waals surface area (Å²) in [5.74, 6) is 1.79. The summed E-state index contributed by atoms with van der Waals surface area (Å²) in [5.41, 5.74) is 2.82. The molecule has 1 aromatic heterocycles. The fourth-order valence-electron chi connectivity index (χ4n) is 2.52. The monoisotopic (exact) mass is 275 g/mol.